The lowest BCUT2D eigenvalue weighted by Crippen LogP contribution is -2.38. The molecule has 0 aromatic rings. The average molecular weight is 187 g/mol. The Morgan fingerprint density at radius 3 is 2.62 bits per heavy atom. The summed E-state index contributed by atoms with van der Waals surface area (Å²) in [5.74, 6) is -0.477. The average Bonchev–Trinajstić information content (AvgIpc) is 2.18. The van der Waals surface area contributed by atoms with Crippen LogP contribution in [-0.4, -0.2) is 29.8 Å². The summed E-state index contributed by atoms with van der Waals surface area (Å²) in [7, 11) is 0. The minimum Gasteiger partial charge on any atom is -0.461 e. The van der Waals surface area contributed by atoms with Crippen molar-refractivity contribution in [1.82, 2.24) is 0 Å². The van der Waals surface area contributed by atoms with Gasteiger partial charge in [-0.3, -0.25) is 4.79 Å². The third kappa shape index (κ3) is 3.32. The molecular weight excluding hydrogens is 170 g/mol. The van der Waals surface area contributed by atoms with Gasteiger partial charge in [-0.2, -0.15) is 0 Å². The summed E-state index contributed by atoms with van der Waals surface area (Å²) in [6, 6.07) is -0.873. The second-order valence-corrected chi connectivity index (χ2v) is 3.49. The molecule has 0 aliphatic heterocycles. The summed E-state index contributed by atoms with van der Waals surface area (Å²) >= 11 is 0. The molecule has 1 fully saturated rings. The highest BCUT2D eigenvalue weighted by Gasteiger charge is 2.21. The normalized spacial score (nSPS) is 21.1. The summed E-state index contributed by atoms with van der Waals surface area (Å²) in [5.41, 5.74) is 5.31. The standard InChI is InChI=1S/C9H17NO3/c10-8(6-11)9(12)13-7-4-2-1-3-5-7/h7-8,11H,1-6,10H2/t8-/m0/s1. The molecule has 0 unspecified atom stereocenters. The number of hydrogen-bond acceptors (Lipinski definition) is 4. The van der Waals surface area contributed by atoms with E-state index in [-0.39, 0.29) is 12.7 Å². The van der Waals surface area contributed by atoms with E-state index in [0.717, 1.165) is 25.7 Å². The van der Waals surface area contributed by atoms with Crippen molar-refractivity contribution in [3.05, 3.63) is 0 Å². The van der Waals surface area contributed by atoms with Crippen LogP contribution in [0.25, 0.3) is 0 Å². The first-order valence-corrected chi connectivity index (χ1v) is 4.81. The third-order valence-electron chi connectivity index (χ3n) is 2.33. The molecule has 0 spiro atoms. The van der Waals surface area contributed by atoms with E-state index in [4.69, 9.17) is 15.6 Å². The van der Waals surface area contributed by atoms with Crippen molar-refractivity contribution in [2.24, 2.45) is 5.73 Å². The molecule has 76 valence electrons. The molecule has 0 saturated heterocycles. The van der Waals surface area contributed by atoms with Gasteiger partial charge in [-0.25, -0.2) is 0 Å². The summed E-state index contributed by atoms with van der Waals surface area (Å²) in [4.78, 5) is 11.1. The second kappa shape index (κ2) is 5.19. The van der Waals surface area contributed by atoms with E-state index in [1.54, 1.807) is 0 Å². The molecule has 1 aliphatic carbocycles. The molecule has 0 bridgehead atoms. The van der Waals surface area contributed by atoms with Gasteiger partial charge in [-0.1, -0.05) is 6.42 Å². The molecule has 3 N–H and O–H groups in total. The number of esters is 1. The van der Waals surface area contributed by atoms with Crippen molar-refractivity contribution in [3.8, 4) is 0 Å². The minimum absolute atomic E-state index is 0.0267. The van der Waals surface area contributed by atoms with Gasteiger partial charge >= 0.3 is 5.97 Å². The fraction of sp³-hybridized carbons (Fsp3) is 0.889. The van der Waals surface area contributed by atoms with Crippen LogP contribution < -0.4 is 5.73 Å². The monoisotopic (exact) mass is 187 g/mol. The first kappa shape index (κ1) is 10.5. The number of aliphatic hydroxyl groups excluding tert-OH is 1. The van der Waals surface area contributed by atoms with Crippen LogP contribution in [0.4, 0.5) is 0 Å². The van der Waals surface area contributed by atoms with Gasteiger partial charge < -0.3 is 15.6 Å². The van der Waals surface area contributed by atoms with Gasteiger partial charge in [0.15, 0.2) is 0 Å². The van der Waals surface area contributed by atoms with Gasteiger partial charge in [0.25, 0.3) is 0 Å². The van der Waals surface area contributed by atoms with Crippen LogP contribution in [0.2, 0.25) is 0 Å². The van der Waals surface area contributed by atoms with E-state index >= 15 is 0 Å². The van der Waals surface area contributed by atoms with Crippen molar-refractivity contribution in [3.63, 3.8) is 0 Å². The third-order valence-corrected chi connectivity index (χ3v) is 2.33. The highest BCUT2D eigenvalue weighted by atomic mass is 16.5. The molecule has 1 aliphatic rings. The van der Waals surface area contributed by atoms with E-state index in [0.29, 0.717) is 0 Å². The molecule has 0 aromatic heterocycles. The Morgan fingerprint density at radius 1 is 1.46 bits per heavy atom. The molecule has 0 amide bonds. The number of ether oxygens (including phenoxy) is 1. The largest absolute Gasteiger partial charge is 0.461 e. The maximum Gasteiger partial charge on any atom is 0.325 e. The zero-order chi connectivity index (χ0) is 9.68. The minimum atomic E-state index is -0.873. The van der Waals surface area contributed by atoms with Crippen LogP contribution in [0.5, 0.6) is 0 Å². The molecule has 1 atom stereocenters. The van der Waals surface area contributed by atoms with Crippen molar-refractivity contribution < 1.29 is 14.6 Å². The van der Waals surface area contributed by atoms with E-state index in [1.165, 1.54) is 6.42 Å². The van der Waals surface area contributed by atoms with Gasteiger partial charge in [0, 0.05) is 0 Å². The first-order chi connectivity index (χ1) is 6.24. The topological polar surface area (TPSA) is 72.5 Å². The van der Waals surface area contributed by atoms with Crippen LogP contribution in [0.1, 0.15) is 32.1 Å². The molecular formula is C9H17NO3. The summed E-state index contributed by atoms with van der Waals surface area (Å²) in [6.45, 7) is -0.342. The quantitative estimate of drug-likeness (QED) is 0.618. The maximum absolute atomic E-state index is 11.1. The number of nitrogens with two attached hydrogens (primary N) is 1. The second-order valence-electron chi connectivity index (χ2n) is 3.49. The van der Waals surface area contributed by atoms with Gasteiger partial charge in [0.2, 0.25) is 0 Å². The fourth-order valence-electron chi connectivity index (χ4n) is 1.51. The van der Waals surface area contributed by atoms with E-state index < -0.39 is 12.0 Å². The van der Waals surface area contributed by atoms with Crippen molar-refractivity contribution in [1.29, 1.82) is 0 Å². The lowest BCUT2D eigenvalue weighted by Gasteiger charge is -2.22. The predicted octanol–water partition coefficient (Wildman–Crippen LogP) is 0.182. The van der Waals surface area contributed by atoms with Crippen LogP contribution in [0.15, 0.2) is 0 Å². The number of carbonyl (C=O) groups excluding carboxylic acids is 1. The van der Waals surface area contributed by atoms with E-state index in [9.17, 15) is 4.79 Å². The van der Waals surface area contributed by atoms with Crippen LogP contribution in [-0.2, 0) is 9.53 Å². The summed E-state index contributed by atoms with van der Waals surface area (Å²) in [5, 5.41) is 8.61. The van der Waals surface area contributed by atoms with Crippen LogP contribution >= 0.6 is 0 Å². The highest BCUT2D eigenvalue weighted by molar-refractivity contribution is 5.75. The lowest BCUT2D eigenvalue weighted by atomic mass is 9.98. The molecule has 1 saturated carbocycles. The predicted molar refractivity (Wildman–Crippen MR) is 48.0 cm³/mol. The van der Waals surface area contributed by atoms with Gasteiger partial charge in [-0.05, 0) is 25.7 Å². The zero-order valence-electron chi connectivity index (χ0n) is 7.74. The Hall–Kier alpha value is -0.610. The van der Waals surface area contributed by atoms with Gasteiger partial charge in [0.05, 0.1) is 6.61 Å². The Kier molecular flexibility index (Phi) is 4.18. The first-order valence-electron chi connectivity index (χ1n) is 4.81. The Balaban J connectivity index is 2.26. The number of hydrogen-bond donors (Lipinski definition) is 2. The van der Waals surface area contributed by atoms with Gasteiger partial charge in [-0.15, -0.1) is 0 Å². The molecule has 4 heteroatoms. The molecule has 13 heavy (non-hydrogen) atoms. The van der Waals surface area contributed by atoms with Crippen molar-refractivity contribution in [2.75, 3.05) is 6.61 Å². The van der Waals surface area contributed by atoms with Crippen LogP contribution in [0.3, 0.4) is 0 Å². The Bertz CT molecular complexity index is 166. The van der Waals surface area contributed by atoms with Crippen molar-refractivity contribution in [2.45, 2.75) is 44.2 Å². The van der Waals surface area contributed by atoms with E-state index in [2.05, 4.69) is 0 Å². The van der Waals surface area contributed by atoms with Crippen molar-refractivity contribution >= 4 is 5.97 Å². The smallest absolute Gasteiger partial charge is 0.325 e. The highest BCUT2D eigenvalue weighted by Crippen LogP contribution is 2.20. The number of aliphatic hydroxyl groups is 1. The molecule has 0 heterocycles. The van der Waals surface area contributed by atoms with E-state index in [1.807, 2.05) is 0 Å². The Morgan fingerprint density at radius 2 is 2.08 bits per heavy atom. The maximum atomic E-state index is 11.1. The molecule has 1 rings (SSSR count). The summed E-state index contributed by atoms with van der Waals surface area (Å²) in [6.07, 6.45) is 5.35. The zero-order valence-corrected chi connectivity index (χ0v) is 7.74. The SMILES string of the molecule is N[C@@H](CO)C(=O)OC1CCCCC1. The number of rotatable bonds is 3. The Labute approximate surface area is 78.1 Å². The number of carbonyl (C=O) groups is 1. The molecule has 4 nitrogen and oxygen atoms in total. The fourth-order valence-corrected chi connectivity index (χ4v) is 1.51. The van der Waals surface area contributed by atoms with Gasteiger partial charge in [0.1, 0.15) is 12.1 Å². The lowest BCUT2D eigenvalue weighted by molar-refractivity contribution is -0.153. The molecule has 0 aromatic carbocycles. The van der Waals surface area contributed by atoms with Crippen LogP contribution in [0, 0.1) is 0 Å². The molecule has 0 radical (unpaired) electrons. The summed E-state index contributed by atoms with van der Waals surface area (Å²) < 4.78 is 5.12.